The minimum absolute atomic E-state index is 0.0678. The Morgan fingerprint density at radius 1 is 0.263 bits per heavy atom. The highest BCUT2D eigenvalue weighted by atomic mass is 16.6. The summed E-state index contributed by atoms with van der Waals surface area (Å²) in [5.74, 6) is -0.851. The number of hydrogen-bond donors (Lipinski definition) is 0. The molecule has 0 aromatic carbocycles. The van der Waals surface area contributed by atoms with Crippen LogP contribution >= 0.6 is 0 Å². The second-order valence-electron chi connectivity index (χ2n) is 23.1. The van der Waals surface area contributed by atoms with E-state index in [0.29, 0.717) is 19.3 Å². The van der Waals surface area contributed by atoms with E-state index in [1.807, 2.05) is 0 Å². The molecule has 6 heteroatoms. The fraction of sp³-hybridized carbons (Fsp3) is 0.871. The van der Waals surface area contributed by atoms with E-state index in [-0.39, 0.29) is 31.1 Å². The molecule has 0 rings (SSSR count). The highest BCUT2D eigenvalue weighted by Gasteiger charge is 2.19. The molecule has 76 heavy (non-hydrogen) atoms. The van der Waals surface area contributed by atoms with Crippen LogP contribution in [0.5, 0.6) is 0 Å². The van der Waals surface area contributed by atoms with Crippen LogP contribution in [0.3, 0.4) is 0 Å². The van der Waals surface area contributed by atoms with E-state index >= 15 is 0 Å². The zero-order chi connectivity index (χ0) is 55.0. The van der Waals surface area contributed by atoms with Crippen LogP contribution in [0.1, 0.15) is 374 Å². The molecule has 0 radical (unpaired) electrons. The smallest absolute Gasteiger partial charge is 0.306 e. The van der Waals surface area contributed by atoms with Crippen LogP contribution < -0.4 is 0 Å². The lowest BCUT2D eigenvalue weighted by molar-refractivity contribution is -0.167. The van der Waals surface area contributed by atoms with E-state index in [1.165, 1.54) is 263 Å². The van der Waals surface area contributed by atoms with E-state index in [4.69, 9.17) is 14.2 Å². The first-order valence-corrected chi connectivity index (χ1v) is 34.0. The lowest BCUT2D eigenvalue weighted by Gasteiger charge is -2.18. The Labute approximate surface area is 474 Å². The average Bonchev–Trinajstić information content (AvgIpc) is 3.42. The maximum absolute atomic E-state index is 12.9. The van der Waals surface area contributed by atoms with Crippen molar-refractivity contribution < 1.29 is 28.6 Å². The van der Waals surface area contributed by atoms with Gasteiger partial charge in [-0.3, -0.25) is 14.4 Å². The van der Waals surface area contributed by atoms with Gasteiger partial charge in [0.1, 0.15) is 13.2 Å². The molecule has 0 saturated carbocycles. The molecule has 6 nitrogen and oxygen atoms in total. The molecule has 0 aliphatic heterocycles. The van der Waals surface area contributed by atoms with Crippen LogP contribution in [-0.4, -0.2) is 37.2 Å². The van der Waals surface area contributed by atoms with E-state index in [0.717, 1.165) is 70.6 Å². The number of esters is 3. The summed E-state index contributed by atoms with van der Waals surface area (Å²) < 4.78 is 16.9. The fourth-order valence-electron chi connectivity index (χ4n) is 10.3. The van der Waals surface area contributed by atoms with Gasteiger partial charge in [-0.1, -0.05) is 333 Å². The topological polar surface area (TPSA) is 78.9 Å². The molecular weight excluding hydrogens is 937 g/mol. The molecule has 1 atom stereocenters. The molecule has 0 amide bonds. The van der Waals surface area contributed by atoms with Crippen molar-refractivity contribution in [2.75, 3.05) is 13.2 Å². The van der Waals surface area contributed by atoms with Crippen LogP contribution in [-0.2, 0) is 28.6 Å². The first kappa shape index (κ1) is 73.6. The van der Waals surface area contributed by atoms with Gasteiger partial charge in [0.2, 0.25) is 0 Å². The van der Waals surface area contributed by atoms with Crippen LogP contribution in [0.25, 0.3) is 0 Å². The van der Waals surface area contributed by atoms with Gasteiger partial charge in [-0.25, -0.2) is 0 Å². The third-order valence-electron chi connectivity index (χ3n) is 15.4. The van der Waals surface area contributed by atoms with Crippen LogP contribution in [0.15, 0.2) is 36.5 Å². The van der Waals surface area contributed by atoms with Crippen molar-refractivity contribution in [3.8, 4) is 0 Å². The molecule has 0 aromatic rings. The summed E-state index contributed by atoms with van der Waals surface area (Å²) in [5.41, 5.74) is 0. The molecule has 0 aromatic heterocycles. The van der Waals surface area contributed by atoms with Gasteiger partial charge < -0.3 is 14.2 Å². The molecule has 1 unspecified atom stereocenters. The molecule has 0 heterocycles. The maximum Gasteiger partial charge on any atom is 0.306 e. The van der Waals surface area contributed by atoms with Crippen molar-refractivity contribution in [2.24, 2.45) is 0 Å². The summed E-state index contributed by atoms with van der Waals surface area (Å²) in [4.78, 5) is 38.1. The number of hydrogen-bond acceptors (Lipinski definition) is 6. The predicted octanol–water partition coefficient (Wildman–Crippen LogP) is 23.2. The summed E-state index contributed by atoms with van der Waals surface area (Å²) >= 11 is 0. The van der Waals surface area contributed by atoms with Crippen molar-refractivity contribution in [3.05, 3.63) is 36.5 Å². The Balaban J connectivity index is 4.06. The van der Waals surface area contributed by atoms with Gasteiger partial charge in [-0.2, -0.15) is 0 Å². The number of unbranched alkanes of at least 4 members (excludes halogenated alkanes) is 46. The number of allylic oxidation sites excluding steroid dienone is 6. The lowest BCUT2D eigenvalue weighted by atomic mass is 10.0. The van der Waals surface area contributed by atoms with Gasteiger partial charge in [-0.05, 0) is 57.8 Å². The predicted molar refractivity (Wildman–Crippen MR) is 330 cm³/mol. The molecule has 0 N–H and O–H groups in total. The van der Waals surface area contributed by atoms with Crippen molar-refractivity contribution in [1.82, 2.24) is 0 Å². The summed E-state index contributed by atoms with van der Waals surface area (Å²) in [5, 5.41) is 0. The van der Waals surface area contributed by atoms with Gasteiger partial charge in [-0.15, -0.1) is 0 Å². The first-order chi connectivity index (χ1) is 37.5. The monoisotopic (exact) mass is 1070 g/mol. The standard InChI is InChI=1S/C70H130O6/c1-4-7-10-13-16-18-20-22-24-26-28-30-32-34-35-36-38-39-41-43-45-47-49-51-54-57-60-63-69(72)75-66-67(65-74-68(71)62-59-56-53-15-12-9-6-3)76-70(73)64-61-58-55-52-50-48-46-44-42-40-37-33-31-29-27-25-23-21-19-17-14-11-8-5-2/h20,22,26,28,32,34,67H,4-19,21,23-25,27,29-31,33,35-66H2,1-3H3/b22-20-,28-26-,34-32-. The van der Waals surface area contributed by atoms with Crippen LogP contribution in [0.4, 0.5) is 0 Å². The minimum Gasteiger partial charge on any atom is -0.462 e. The van der Waals surface area contributed by atoms with E-state index in [1.54, 1.807) is 0 Å². The molecule has 0 saturated heterocycles. The van der Waals surface area contributed by atoms with Crippen molar-refractivity contribution in [3.63, 3.8) is 0 Å². The second-order valence-corrected chi connectivity index (χ2v) is 23.1. The molecule has 0 aliphatic rings. The molecule has 0 aliphatic carbocycles. The Bertz CT molecular complexity index is 1270. The van der Waals surface area contributed by atoms with Crippen molar-refractivity contribution in [1.29, 1.82) is 0 Å². The molecular formula is C70H130O6. The largest absolute Gasteiger partial charge is 0.462 e. The van der Waals surface area contributed by atoms with E-state index in [9.17, 15) is 14.4 Å². The number of carbonyl (C=O) groups is 3. The maximum atomic E-state index is 12.9. The zero-order valence-corrected chi connectivity index (χ0v) is 51.3. The Hall–Kier alpha value is -2.37. The Kier molecular flexibility index (Phi) is 63.1. The van der Waals surface area contributed by atoms with Gasteiger partial charge >= 0.3 is 17.9 Å². The lowest BCUT2D eigenvalue weighted by Crippen LogP contribution is -2.30. The van der Waals surface area contributed by atoms with E-state index < -0.39 is 6.10 Å². The van der Waals surface area contributed by atoms with Gasteiger partial charge in [0.25, 0.3) is 0 Å². The third-order valence-corrected chi connectivity index (χ3v) is 15.4. The van der Waals surface area contributed by atoms with Gasteiger partial charge in [0.15, 0.2) is 6.10 Å². The van der Waals surface area contributed by atoms with E-state index in [2.05, 4.69) is 57.2 Å². The van der Waals surface area contributed by atoms with Crippen molar-refractivity contribution >= 4 is 17.9 Å². The van der Waals surface area contributed by atoms with Crippen LogP contribution in [0.2, 0.25) is 0 Å². The SMILES string of the molecule is CCCCCCC/C=C\C/C=C\C/C=C\CCCCCCCCCCCCCCC(=O)OCC(COC(=O)CCCCCCCCC)OC(=O)CCCCCCCCCCCCCCCCCCCCCCCCCC. The Morgan fingerprint density at radius 2 is 0.474 bits per heavy atom. The summed E-state index contributed by atoms with van der Waals surface area (Å²) in [6.07, 6.45) is 80.5. The fourth-order valence-corrected chi connectivity index (χ4v) is 10.3. The summed E-state index contributed by atoms with van der Waals surface area (Å²) in [7, 11) is 0. The highest BCUT2D eigenvalue weighted by molar-refractivity contribution is 5.71. The Morgan fingerprint density at radius 3 is 0.737 bits per heavy atom. The number of carbonyl (C=O) groups excluding carboxylic acids is 3. The zero-order valence-electron chi connectivity index (χ0n) is 51.3. The quantitative estimate of drug-likeness (QED) is 0.0261. The van der Waals surface area contributed by atoms with Gasteiger partial charge in [0, 0.05) is 19.3 Å². The molecule has 0 spiro atoms. The second kappa shape index (κ2) is 65.2. The summed E-state index contributed by atoms with van der Waals surface area (Å²) in [6.45, 7) is 6.65. The normalized spacial score (nSPS) is 12.2. The molecule has 0 fully saturated rings. The third kappa shape index (κ3) is 62.5. The molecule has 0 bridgehead atoms. The number of ether oxygens (including phenoxy) is 3. The average molecular weight is 1070 g/mol. The van der Waals surface area contributed by atoms with Gasteiger partial charge in [0.05, 0.1) is 0 Å². The highest BCUT2D eigenvalue weighted by Crippen LogP contribution is 2.18. The van der Waals surface area contributed by atoms with Crippen molar-refractivity contribution in [2.45, 2.75) is 380 Å². The van der Waals surface area contributed by atoms with Crippen LogP contribution in [0, 0.1) is 0 Å². The first-order valence-electron chi connectivity index (χ1n) is 34.0. The minimum atomic E-state index is -0.768. The molecule has 446 valence electrons. The number of rotatable bonds is 63. The summed E-state index contributed by atoms with van der Waals surface area (Å²) in [6, 6.07) is 0.